The summed E-state index contributed by atoms with van der Waals surface area (Å²) in [4.78, 5) is 11.4. The van der Waals surface area contributed by atoms with Crippen molar-refractivity contribution in [3.8, 4) is 0 Å². The Morgan fingerprint density at radius 1 is 1.60 bits per heavy atom. The fourth-order valence-corrected chi connectivity index (χ4v) is 1.15. The summed E-state index contributed by atoms with van der Waals surface area (Å²) in [5, 5.41) is 12.4. The quantitative estimate of drug-likeness (QED) is 0.667. The van der Waals surface area contributed by atoms with Gasteiger partial charge in [0.15, 0.2) is 0 Å². The first kappa shape index (κ1) is 14.4. The molecule has 0 aromatic heterocycles. The van der Waals surface area contributed by atoms with Gasteiger partial charge in [-0.3, -0.25) is 4.79 Å². The second-order valence-electron chi connectivity index (χ2n) is 4.39. The zero-order valence-electron chi connectivity index (χ0n) is 10.2. The van der Waals surface area contributed by atoms with Crippen molar-refractivity contribution in [3.05, 3.63) is 0 Å². The van der Waals surface area contributed by atoms with Gasteiger partial charge in [0, 0.05) is 26.7 Å². The number of carbonyl (C=O) groups excluding carboxylic acids is 1. The molecule has 0 rings (SSSR count). The number of hydrogen-bond acceptors (Lipinski definition) is 3. The van der Waals surface area contributed by atoms with E-state index in [0.29, 0.717) is 26.0 Å². The van der Waals surface area contributed by atoms with Crippen LogP contribution in [0.5, 0.6) is 0 Å². The topological polar surface area (TPSA) is 58.6 Å². The fourth-order valence-electron chi connectivity index (χ4n) is 1.15. The van der Waals surface area contributed by atoms with E-state index in [9.17, 15) is 9.90 Å². The molecule has 90 valence electrons. The van der Waals surface area contributed by atoms with E-state index in [-0.39, 0.29) is 11.8 Å². The second-order valence-corrected chi connectivity index (χ2v) is 4.39. The van der Waals surface area contributed by atoms with Gasteiger partial charge in [-0.15, -0.1) is 0 Å². The molecule has 2 unspecified atom stereocenters. The highest BCUT2D eigenvalue weighted by Crippen LogP contribution is 2.07. The van der Waals surface area contributed by atoms with Gasteiger partial charge >= 0.3 is 0 Å². The van der Waals surface area contributed by atoms with E-state index < -0.39 is 5.60 Å². The Morgan fingerprint density at radius 3 is 2.67 bits per heavy atom. The molecule has 15 heavy (non-hydrogen) atoms. The third-order valence-electron chi connectivity index (χ3n) is 2.41. The molecule has 4 heteroatoms. The van der Waals surface area contributed by atoms with Crippen LogP contribution in [0.25, 0.3) is 0 Å². The molecule has 0 bridgehead atoms. The average Bonchev–Trinajstić information content (AvgIpc) is 2.15. The van der Waals surface area contributed by atoms with E-state index >= 15 is 0 Å². The Labute approximate surface area is 92.0 Å². The van der Waals surface area contributed by atoms with Crippen molar-refractivity contribution in [1.29, 1.82) is 0 Å². The summed E-state index contributed by atoms with van der Waals surface area (Å²) >= 11 is 0. The van der Waals surface area contributed by atoms with E-state index in [2.05, 4.69) is 5.32 Å². The van der Waals surface area contributed by atoms with E-state index in [0.717, 1.165) is 0 Å². The molecule has 0 saturated heterocycles. The normalized spacial score (nSPS) is 16.9. The maximum atomic E-state index is 11.4. The fraction of sp³-hybridized carbons (Fsp3) is 0.909. The lowest BCUT2D eigenvalue weighted by atomic mass is 10.0. The van der Waals surface area contributed by atoms with Crippen molar-refractivity contribution >= 4 is 5.91 Å². The molecule has 2 N–H and O–H groups in total. The maximum absolute atomic E-state index is 11.4. The number of amides is 1. The van der Waals surface area contributed by atoms with E-state index in [1.807, 2.05) is 13.8 Å². The molecule has 0 spiro atoms. The number of carbonyl (C=O) groups is 1. The van der Waals surface area contributed by atoms with Crippen LogP contribution in [0.4, 0.5) is 0 Å². The molecule has 4 nitrogen and oxygen atoms in total. The number of aliphatic hydroxyl groups is 1. The first-order chi connectivity index (χ1) is 6.91. The van der Waals surface area contributed by atoms with Gasteiger partial charge in [0.1, 0.15) is 0 Å². The molecule has 0 aliphatic heterocycles. The molecule has 0 aliphatic carbocycles. The molecular weight excluding hydrogens is 194 g/mol. The zero-order chi connectivity index (χ0) is 11.9. The van der Waals surface area contributed by atoms with Crippen LogP contribution >= 0.6 is 0 Å². The van der Waals surface area contributed by atoms with Crippen molar-refractivity contribution in [2.24, 2.45) is 5.92 Å². The monoisotopic (exact) mass is 217 g/mol. The Morgan fingerprint density at radius 2 is 2.20 bits per heavy atom. The van der Waals surface area contributed by atoms with Crippen LogP contribution in [-0.4, -0.2) is 36.9 Å². The van der Waals surface area contributed by atoms with Gasteiger partial charge < -0.3 is 15.2 Å². The highest BCUT2D eigenvalue weighted by Gasteiger charge is 2.18. The Balaban J connectivity index is 3.75. The molecule has 0 aromatic carbocycles. The third-order valence-corrected chi connectivity index (χ3v) is 2.41. The van der Waals surface area contributed by atoms with Crippen LogP contribution in [-0.2, 0) is 9.53 Å². The smallest absolute Gasteiger partial charge is 0.220 e. The highest BCUT2D eigenvalue weighted by atomic mass is 16.5. The average molecular weight is 217 g/mol. The molecule has 0 fully saturated rings. The molecular formula is C11H23NO3. The third kappa shape index (κ3) is 7.33. The molecule has 2 atom stereocenters. The summed E-state index contributed by atoms with van der Waals surface area (Å²) in [6, 6.07) is 0. The SMILES string of the molecule is CCC(C)(O)CNC(=O)CC(C)COC. The van der Waals surface area contributed by atoms with Crippen molar-refractivity contribution < 1.29 is 14.6 Å². The van der Waals surface area contributed by atoms with E-state index in [1.165, 1.54) is 0 Å². The largest absolute Gasteiger partial charge is 0.388 e. The van der Waals surface area contributed by atoms with E-state index in [1.54, 1.807) is 14.0 Å². The number of rotatable bonds is 7. The lowest BCUT2D eigenvalue weighted by Crippen LogP contribution is -2.40. The number of hydrogen-bond donors (Lipinski definition) is 2. The van der Waals surface area contributed by atoms with Crippen molar-refractivity contribution in [3.63, 3.8) is 0 Å². The molecule has 0 radical (unpaired) electrons. The van der Waals surface area contributed by atoms with Crippen molar-refractivity contribution in [2.75, 3.05) is 20.3 Å². The molecule has 0 aromatic rings. The summed E-state index contributed by atoms with van der Waals surface area (Å²) in [5.41, 5.74) is -0.805. The minimum absolute atomic E-state index is 0.0340. The summed E-state index contributed by atoms with van der Waals surface area (Å²) < 4.78 is 4.94. The minimum atomic E-state index is -0.805. The van der Waals surface area contributed by atoms with Crippen molar-refractivity contribution in [1.82, 2.24) is 5.32 Å². The highest BCUT2D eigenvalue weighted by molar-refractivity contribution is 5.76. The lowest BCUT2D eigenvalue weighted by Gasteiger charge is -2.22. The predicted molar refractivity (Wildman–Crippen MR) is 59.6 cm³/mol. The van der Waals surface area contributed by atoms with Crippen LogP contribution in [0.2, 0.25) is 0 Å². The minimum Gasteiger partial charge on any atom is -0.388 e. The second kappa shape index (κ2) is 6.80. The van der Waals surface area contributed by atoms with Crippen LogP contribution in [0, 0.1) is 5.92 Å². The Kier molecular flexibility index (Phi) is 6.52. The standard InChI is InChI=1S/C11H23NO3/c1-5-11(3,14)8-12-10(13)6-9(2)7-15-4/h9,14H,5-8H2,1-4H3,(H,12,13). The summed E-state index contributed by atoms with van der Waals surface area (Å²) in [5.74, 6) is 0.176. The van der Waals surface area contributed by atoms with Gasteiger partial charge in [0.2, 0.25) is 5.91 Å². The lowest BCUT2D eigenvalue weighted by molar-refractivity contribution is -0.123. The summed E-state index contributed by atoms with van der Waals surface area (Å²) in [7, 11) is 1.62. The van der Waals surface area contributed by atoms with Gasteiger partial charge in [-0.2, -0.15) is 0 Å². The molecule has 0 aliphatic rings. The predicted octanol–water partition coefficient (Wildman–Crippen LogP) is 0.936. The van der Waals surface area contributed by atoms with Gasteiger partial charge in [-0.25, -0.2) is 0 Å². The molecule has 0 heterocycles. The first-order valence-corrected chi connectivity index (χ1v) is 5.39. The Bertz CT molecular complexity index is 192. The Hall–Kier alpha value is -0.610. The van der Waals surface area contributed by atoms with Crippen LogP contribution in [0.3, 0.4) is 0 Å². The van der Waals surface area contributed by atoms with Gasteiger partial charge in [0.25, 0.3) is 0 Å². The van der Waals surface area contributed by atoms with Crippen LogP contribution < -0.4 is 5.32 Å². The van der Waals surface area contributed by atoms with E-state index in [4.69, 9.17) is 4.74 Å². The van der Waals surface area contributed by atoms with Gasteiger partial charge in [-0.1, -0.05) is 13.8 Å². The maximum Gasteiger partial charge on any atom is 0.220 e. The zero-order valence-corrected chi connectivity index (χ0v) is 10.2. The van der Waals surface area contributed by atoms with Gasteiger partial charge in [0.05, 0.1) is 5.60 Å². The molecule has 1 amide bonds. The first-order valence-electron chi connectivity index (χ1n) is 5.39. The number of ether oxygens (including phenoxy) is 1. The van der Waals surface area contributed by atoms with Crippen molar-refractivity contribution in [2.45, 2.75) is 39.2 Å². The number of methoxy groups -OCH3 is 1. The van der Waals surface area contributed by atoms with Gasteiger partial charge in [-0.05, 0) is 19.3 Å². The number of nitrogens with one attached hydrogen (secondary N) is 1. The summed E-state index contributed by atoms with van der Waals surface area (Å²) in [6.45, 7) is 6.45. The summed E-state index contributed by atoms with van der Waals surface area (Å²) in [6.07, 6.45) is 1.06. The molecule has 0 saturated carbocycles. The van der Waals surface area contributed by atoms with Crippen LogP contribution in [0.1, 0.15) is 33.6 Å². The van der Waals surface area contributed by atoms with Crippen LogP contribution in [0.15, 0.2) is 0 Å².